The third kappa shape index (κ3) is 5.52. The van der Waals surface area contributed by atoms with Crippen molar-refractivity contribution >= 4 is 45.3 Å². The number of carbonyl (C=O) groups is 2. The van der Waals surface area contributed by atoms with Crippen molar-refractivity contribution in [2.75, 3.05) is 16.8 Å². The molecule has 0 spiro atoms. The number of benzene rings is 1. The Labute approximate surface area is 117 Å². The molecule has 1 atom stereocenters. The van der Waals surface area contributed by atoms with Crippen LogP contribution in [0.5, 0.6) is 0 Å². The molecule has 98 valence electrons. The lowest BCUT2D eigenvalue weighted by Gasteiger charge is -2.07. The van der Waals surface area contributed by atoms with Crippen molar-refractivity contribution in [1.82, 2.24) is 0 Å². The maximum atomic E-state index is 11.5. The van der Waals surface area contributed by atoms with E-state index in [0.717, 1.165) is 4.47 Å². The second kappa shape index (κ2) is 7.40. The first kappa shape index (κ1) is 15.0. The van der Waals surface area contributed by atoms with E-state index in [9.17, 15) is 9.59 Å². The van der Waals surface area contributed by atoms with Gasteiger partial charge in [-0.3, -0.25) is 9.59 Å². The van der Waals surface area contributed by atoms with Crippen LogP contribution < -0.4 is 11.1 Å². The Balaban J connectivity index is 2.32. The second-order valence-electron chi connectivity index (χ2n) is 3.52. The van der Waals surface area contributed by atoms with Gasteiger partial charge in [0.15, 0.2) is 0 Å². The van der Waals surface area contributed by atoms with E-state index in [1.54, 1.807) is 12.1 Å². The lowest BCUT2D eigenvalue weighted by Crippen LogP contribution is -2.33. The summed E-state index contributed by atoms with van der Waals surface area (Å²) in [4.78, 5) is 22.0. The maximum Gasteiger partial charge on any atom is 0.321 e. The van der Waals surface area contributed by atoms with Crippen LogP contribution in [-0.2, 0) is 9.59 Å². The fraction of sp³-hybridized carbons (Fsp3) is 0.273. The number of thioether (sulfide) groups is 1. The third-order valence-corrected chi connectivity index (χ3v) is 3.51. The number of amides is 1. The summed E-state index contributed by atoms with van der Waals surface area (Å²) in [7, 11) is 0. The summed E-state index contributed by atoms with van der Waals surface area (Å²) in [5.74, 6) is -0.861. The average Bonchev–Trinajstić information content (AvgIpc) is 2.28. The number of rotatable bonds is 6. The molecule has 0 fully saturated rings. The summed E-state index contributed by atoms with van der Waals surface area (Å²) >= 11 is 4.49. The SMILES string of the molecule is NC(CSCC(=O)Nc1cccc(Br)c1)C(=O)O. The predicted molar refractivity (Wildman–Crippen MR) is 75.7 cm³/mol. The highest BCUT2D eigenvalue weighted by atomic mass is 79.9. The van der Waals surface area contributed by atoms with Gasteiger partial charge in [0.05, 0.1) is 5.75 Å². The lowest BCUT2D eigenvalue weighted by atomic mass is 10.3. The fourth-order valence-electron chi connectivity index (χ4n) is 1.11. The molecule has 18 heavy (non-hydrogen) atoms. The van der Waals surface area contributed by atoms with Crippen LogP contribution in [0.3, 0.4) is 0 Å². The lowest BCUT2D eigenvalue weighted by molar-refractivity contribution is -0.137. The summed E-state index contributed by atoms with van der Waals surface area (Å²) < 4.78 is 0.876. The third-order valence-electron chi connectivity index (χ3n) is 1.96. The van der Waals surface area contributed by atoms with Crippen LogP contribution in [0, 0.1) is 0 Å². The van der Waals surface area contributed by atoms with Crippen molar-refractivity contribution in [2.24, 2.45) is 5.73 Å². The normalized spacial score (nSPS) is 11.9. The highest BCUT2D eigenvalue weighted by Gasteiger charge is 2.12. The average molecular weight is 333 g/mol. The van der Waals surface area contributed by atoms with Crippen molar-refractivity contribution in [3.05, 3.63) is 28.7 Å². The molecule has 0 bridgehead atoms. The molecule has 1 amide bonds. The number of carboxylic acids is 1. The van der Waals surface area contributed by atoms with E-state index >= 15 is 0 Å². The van der Waals surface area contributed by atoms with E-state index < -0.39 is 12.0 Å². The number of hydrogen-bond acceptors (Lipinski definition) is 4. The van der Waals surface area contributed by atoms with Gasteiger partial charge in [-0.25, -0.2) is 0 Å². The molecule has 1 unspecified atom stereocenters. The van der Waals surface area contributed by atoms with Crippen molar-refractivity contribution in [1.29, 1.82) is 0 Å². The predicted octanol–water partition coefficient (Wildman–Crippen LogP) is 1.53. The number of halogens is 1. The molecule has 4 N–H and O–H groups in total. The van der Waals surface area contributed by atoms with Gasteiger partial charge in [-0.05, 0) is 18.2 Å². The Bertz CT molecular complexity index is 442. The number of hydrogen-bond donors (Lipinski definition) is 3. The van der Waals surface area contributed by atoms with Crippen molar-refractivity contribution < 1.29 is 14.7 Å². The monoisotopic (exact) mass is 332 g/mol. The highest BCUT2D eigenvalue weighted by Crippen LogP contribution is 2.15. The molecule has 0 aliphatic carbocycles. The van der Waals surface area contributed by atoms with Crippen molar-refractivity contribution in [3.63, 3.8) is 0 Å². The van der Waals surface area contributed by atoms with Gasteiger partial charge in [0.1, 0.15) is 6.04 Å². The Kier molecular flexibility index (Phi) is 6.17. The van der Waals surface area contributed by atoms with Crippen LogP contribution in [0.25, 0.3) is 0 Å². The molecular formula is C11H13BrN2O3S. The minimum atomic E-state index is -1.06. The second-order valence-corrected chi connectivity index (χ2v) is 5.46. The molecule has 7 heteroatoms. The summed E-state index contributed by atoms with van der Waals surface area (Å²) in [5, 5.41) is 11.3. The number of aliphatic carboxylic acids is 1. The first-order valence-corrected chi connectivity index (χ1v) is 7.05. The summed E-state index contributed by atoms with van der Waals surface area (Å²) in [6.07, 6.45) is 0. The van der Waals surface area contributed by atoms with E-state index in [-0.39, 0.29) is 17.4 Å². The minimum Gasteiger partial charge on any atom is -0.480 e. The quantitative estimate of drug-likeness (QED) is 0.734. The molecule has 1 aromatic rings. The van der Waals surface area contributed by atoms with Gasteiger partial charge in [-0.2, -0.15) is 0 Å². The van der Waals surface area contributed by atoms with E-state index in [2.05, 4.69) is 21.2 Å². The van der Waals surface area contributed by atoms with Gasteiger partial charge >= 0.3 is 5.97 Å². The van der Waals surface area contributed by atoms with Crippen LogP contribution in [0.4, 0.5) is 5.69 Å². The number of nitrogens with one attached hydrogen (secondary N) is 1. The molecule has 0 aromatic heterocycles. The largest absolute Gasteiger partial charge is 0.480 e. The topological polar surface area (TPSA) is 92.4 Å². The van der Waals surface area contributed by atoms with Gasteiger partial charge in [-0.15, -0.1) is 11.8 Å². The smallest absolute Gasteiger partial charge is 0.321 e. The Morgan fingerprint density at radius 3 is 2.83 bits per heavy atom. The number of carboxylic acid groups (broad SMARTS) is 1. The first-order chi connectivity index (χ1) is 8.49. The molecular weight excluding hydrogens is 320 g/mol. The summed E-state index contributed by atoms with van der Waals surface area (Å²) in [6.45, 7) is 0. The van der Waals surface area contributed by atoms with Gasteiger partial charge in [0, 0.05) is 15.9 Å². The molecule has 0 saturated carbocycles. The van der Waals surface area contributed by atoms with Crippen LogP contribution >= 0.6 is 27.7 Å². The summed E-state index contributed by atoms with van der Waals surface area (Å²) in [5.41, 5.74) is 6.01. The zero-order valence-electron chi connectivity index (χ0n) is 9.43. The standard InChI is InChI=1S/C11H13BrN2O3S/c12-7-2-1-3-8(4-7)14-10(15)6-18-5-9(13)11(16)17/h1-4,9H,5-6,13H2,(H,14,15)(H,16,17). The molecule has 0 aliphatic rings. The zero-order chi connectivity index (χ0) is 13.5. The van der Waals surface area contributed by atoms with Crippen LogP contribution in [0.15, 0.2) is 28.7 Å². The van der Waals surface area contributed by atoms with E-state index in [1.165, 1.54) is 11.8 Å². The summed E-state index contributed by atoms with van der Waals surface area (Å²) in [6, 6.07) is 6.29. The van der Waals surface area contributed by atoms with E-state index in [0.29, 0.717) is 5.69 Å². The molecule has 0 saturated heterocycles. The number of anilines is 1. The zero-order valence-corrected chi connectivity index (χ0v) is 11.8. The Hall–Kier alpha value is -1.05. The van der Waals surface area contributed by atoms with Gasteiger partial charge in [-0.1, -0.05) is 22.0 Å². The van der Waals surface area contributed by atoms with Crippen LogP contribution in [0.2, 0.25) is 0 Å². The molecule has 5 nitrogen and oxygen atoms in total. The number of carbonyl (C=O) groups excluding carboxylic acids is 1. The molecule has 1 aromatic carbocycles. The molecule has 0 aliphatic heterocycles. The molecule has 0 heterocycles. The molecule has 1 rings (SSSR count). The highest BCUT2D eigenvalue weighted by molar-refractivity contribution is 9.10. The number of nitrogens with two attached hydrogens (primary N) is 1. The van der Waals surface area contributed by atoms with Crippen LogP contribution in [0.1, 0.15) is 0 Å². The van der Waals surface area contributed by atoms with E-state index in [1.807, 2.05) is 12.1 Å². The van der Waals surface area contributed by atoms with Gasteiger partial charge in [0.2, 0.25) is 5.91 Å². The van der Waals surface area contributed by atoms with Gasteiger partial charge in [0.25, 0.3) is 0 Å². The maximum absolute atomic E-state index is 11.5. The fourth-order valence-corrected chi connectivity index (χ4v) is 2.28. The Morgan fingerprint density at radius 2 is 2.22 bits per heavy atom. The first-order valence-electron chi connectivity index (χ1n) is 5.10. The van der Waals surface area contributed by atoms with Crippen molar-refractivity contribution in [3.8, 4) is 0 Å². The van der Waals surface area contributed by atoms with Crippen LogP contribution in [-0.4, -0.2) is 34.5 Å². The Morgan fingerprint density at radius 1 is 1.50 bits per heavy atom. The van der Waals surface area contributed by atoms with E-state index in [4.69, 9.17) is 10.8 Å². The van der Waals surface area contributed by atoms with Crippen molar-refractivity contribution in [2.45, 2.75) is 6.04 Å². The van der Waals surface area contributed by atoms with Gasteiger partial charge < -0.3 is 16.2 Å². The minimum absolute atomic E-state index is 0.174. The molecule has 0 radical (unpaired) electrons.